The largest absolute Gasteiger partial charge is 0.410 e. The maximum absolute atomic E-state index is 10.2. The highest BCUT2D eigenvalue weighted by atomic mass is 32.1. The molecule has 0 saturated carbocycles. The van der Waals surface area contributed by atoms with Gasteiger partial charge in [0, 0.05) is 0 Å². The second-order valence-corrected chi connectivity index (χ2v) is 2.53. The van der Waals surface area contributed by atoms with Crippen molar-refractivity contribution in [2.75, 3.05) is 0 Å². The molecule has 0 bridgehead atoms. The third kappa shape index (κ3) is 1.22. The van der Waals surface area contributed by atoms with Crippen molar-refractivity contribution in [1.29, 1.82) is 0 Å². The van der Waals surface area contributed by atoms with Crippen molar-refractivity contribution in [1.82, 2.24) is 0 Å². The van der Waals surface area contributed by atoms with Crippen LogP contribution in [0.15, 0.2) is 22.7 Å². The molecule has 10 heavy (non-hydrogen) atoms. The first kappa shape index (κ1) is 6.95. The fraction of sp³-hybridized carbons (Fsp3) is 0. The summed E-state index contributed by atoms with van der Waals surface area (Å²) < 4.78 is 0. The van der Waals surface area contributed by atoms with Gasteiger partial charge in [0.15, 0.2) is 12.0 Å². The van der Waals surface area contributed by atoms with Gasteiger partial charge in [-0.1, -0.05) is 11.2 Å². The molecule has 1 N–H and O–H groups in total. The molecule has 0 aliphatic heterocycles. The van der Waals surface area contributed by atoms with Crippen LogP contribution >= 0.6 is 11.3 Å². The zero-order chi connectivity index (χ0) is 7.40. The van der Waals surface area contributed by atoms with Crippen LogP contribution in [0.5, 0.6) is 0 Å². The van der Waals surface area contributed by atoms with Crippen LogP contribution in [0.4, 0.5) is 0 Å². The van der Waals surface area contributed by atoms with Crippen LogP contribution in [0.1, 0.15) is 4.88 Å². The summed E-state index contributed by atoms with van der Waals surface area (Å²) in [6.07, 6.45) is 0.520. The molecule has 0 aliphatic carbocycles. The van der Waals surface area contributed by atoms with Crippen molar-refractivity contribution in [3.63, 3.8) is 0 Å². The smallest absolute Gasteiger partial charge is 0.173 e. The van der Waals surface area contributed by atoms with Crippen LogP contribution in [0.25, 0.3) is 0 Å². The highest BCUT2D eigenvalue weighted by molar-refractivity contribution is 7.12. The Balaban J connectivity index is 2.95. The molecule has 1 rings (SSSR count). The van der Waals surface area contributed by atoms with Gasteiger partial charge in [-0.2, -0.15) is 0 Å². The Morgan fingerprint density at radius 1 is 1.80 bits per heavy atom. The monoisotopic (exact) mass is 155 g/mol. The van der Waals surface area contributed by atoms with Gasteiger partial charge in [0.05, 0.1) is 4.88 Å². The molecule has 0 saturated heterocycles. The summed E-state index contributed by atoms with van der Waals surface area (Å²) in [7, 11) is 0. The van der Waals surface area contributed by atoms with Crippen LogP contribution in [0.2, 0.25) is 0 Å². The summed E-state index contributed by atoms with van der Waals surface area (Å²) in [5, 5.41) is 12.9. The van der Waals surface area contributed by atoms with E-state index in [1.54, 1.807) is 12.1 Å². The van der Waals surface area contributed by atoms with E-state index in [9.17, 15) is 4.79 Å². The maximum Gasteiger partial charge on any atom is 0.173 e. The van der Waals surface area contributed by atoms with Gasteiger partial charge in [-0.3, -0.25) is 4.79 Å². The highest BCUT2D eigenvalue weighted by Crippen LogP contribution is 2.08. The lowest BCUT2D eigenvalue weighted by molar-refractivity contribution is -0.102. The third-order valence-electron chi connectivity index (χ3n) is 0.993. The zero-order valence-electron chi connectivity index (χ0n) is 5.02. The number of rotatable bonds is 2. The minimum absolute atomic E-state index is 0.0787. The Kier molecular flexibility index (Phi) is 2.17. The van der Waals surface area contributed by atoms with Crippen LogP contribution in [-0.2, 0) is 4.79 Å². The molecule has 0 aliphatic rings. The SMILES string of the molecule is O=C/C(=N/O)c1cccs1. The third-order valence-corrected chi connectivity index (χ3v) is 1.89. The minimum atomic E-state index is 0.0787. The van der Waals surface area contributed by atoms with E-state index in [2.05, 4.69) is 5.16 Å². The Labute approximate surface area is 61.6 Å². The Morgan fingerprint density at radius 2 is 2.60 bits per heavy atom. The van der Waals surface area contributed by atoms with E-state index in [0.717, 1.165) is 0 Å². The number of thiophene rings is 1. The van der Waals surface area contributed by atoms with Crippen molar-refractivity contribution in [2.24, 2.45) is 5.16 Å². The zero-order valence-corrected chi connectivity index (χ0v) is 5.84. The number of hydrogen-bond donors (Lipinski definition) is 1. The molecule has 0 unspecified atom stereocenters. The van der Waals surface area contributed by atoms with E-state index in [1.165, 1.54) is 11.3 Å². The van der Waals surface area contributed by atoms with Crippen molar-refractivity contribution >= 4 is 23.3 Å². The maximum atomic E-state index is 10.2. The summed E-state index contributed by atoms with van der Waals surface area (Å²) in [5.41, 5.74) is 0.0787. The van der Waals surface area contributed by atoms with Gasteiger partial charge in [0.1, 0.15) is 0 Å². The molecule has 1 aromatic rings. The van der Waals surface area contributed by atoms with Gasteiger partial charge in [0.2, 0.25) is 0 Å². The number of carbonyl (C=O) groups excluding carboxylic acids is 1. The minimum Gasteiger partial charge on any atom is -0.410 e. The van der Waals surface area contributed by atoms with Gasteiger partial charge >= 0.3 is 0 Å². The molecular formula is C6H5NO2S. The number of oxime groups is 1. The molecule has 1 heterocycles. The molecule has 0 aromatic carbocycles. The van der Waals surface area contributed by atoms with E-state index < -0.39 is 0 Å². The van der Waals surface area contributed by atoms with Crippen LogP contribution in [-0.4, -0.2) is 17.2 Å². The number of nitrogens with zero attached hydrogens (tertiary/aromatic N) is 1. The molecule has 0 fully saturated rings. The number of hydrogen-bond acceptors (Lipinski definition) is 4. The van der Waals surface area contributed by atoms with Gasteiger partial charge in [-0.15, -0.1) is 11.3 Å². The van der Waals surface area contributed by atoms with Crippen LogP contribution < -0.4 is 0 Å². The first-order valence-electron chi connectivity index (χ1n) is 2.59. The summed E-state index contributed by atoms with van der Waals surface area (Å²) >= 11 is 1.36. The molecule has 1 aromatic heterocycles. The van der Waals surface area contributed by atoms with Crippen LogP contribution in [0.3, 0.4) is 0 Å². The van der Waals surface area contributed by atoms with Crippen molar-refractivity contribution in [3.8, 4) is 0 Å². The molecule has 0 amide bonds. The second-order valence-electron chi connectivity index (χ2n) is 1.58. The molecule has 3 nitrogen and oxygen atoms in total. The summed E-state index contributed by atoms with van der Waals surface area (Å²) in [4.78, 5) is 10.8. The van der Waals surface area contributed by atoms with Crippen molar-refractivity contribution < 1.29 is 10.0 Å². The molecule has 0 radical (unpaired) electrons. The van der Waals surface area contributed by atoms with Gasteiger partial charge in [-0.25, -0.2) is 0 Å². The molecule has 0 spiro atoms. The molecular weight excluding hydrogens is 150 g/mol. The summed E-state index contributed by atoms with van der Waals surface area (Å²) in [6.45, 7) is 0. The molecule has 0 atom stereocenters. The van der Waals surface area contributed by atoms with E-state index in [0.29, 0.717) is 11.2 Å². The Bertz CT molecular complexity index is 240. The normalized spacial score (nSPS) is 11.4. The van der Waals surface area contributed by atoms with Crippen molar-refractivity contribution in [2.45, 2.75) is 0 Å². The average Bonchev–Trinajstić information content (AvgIpc) is 2.43. The topological polar surface area (TPSA) is 49.7 Å². The summed E-state index contributed by atoms with van der Waals surface area (Å²) in [5.74, 6) is 0. The quantitative estimate of drug-likeness (QED) is 0.301. The lowest BCUT2D eigenvalue weighted by atomic mass is 10.3. The fourth-order valence-corrected chi connectivity index (χ4v) is 1.23. The Hall–Kier alpha value is -1.16. The van der Waals surface area contributed by atoms with E-state index >= 15 is 0 Å². The van der Waals surface area contributed by atoms with Gasteiger partial charge in [0.25, 0.3) is 0 Å². The van der Waals surface area contributed by atoms with Gasteiger partial charge in [-0.05, 0) is 11.4 Å². The predicted molar refractivity (Wildman–Crippen MR) is 38.7 cm³/mol. The highest BCUT2D eigenvalue weighted by Gasteiger charge is 2.01. The second kappa shape index (κ2) is 3.12. The lowest BCUT2D eigenvalue weighted by Crippen LogP contribution is -1.97. The first-order chi connectivity index (χ1) is 4.88. The fourth-order valence-electron chi connectivity index (χ4n) is 0.555. The molecule has 4 heteroatoms. The van der Waals surface area contributed by atoms with Crippen molar-refractivity contribution in [3.05, 3.63) is 22.4 Å². The average molecular weight is 155 g/mol. The van der Waals surface area contributed by atoms with E-state index in [-0.39, 0.29) is 5.71 Å². The lowest BCUT2D eigenvalue weighted by Gasteiger charge is -1.86. The number of aldehydes is 1. The van der Waals surface area contributed by atoms with E-state index in [4.69, 9.17) is 5.21 Å². The molecule has 52 valence electrons. The predicted octanol–water partition coefficient (Wildman–Crippen LogP) is 1.13. The Morgan fingerprint density at radius 3 is 3.00 bits per heavy atom. The standard InChI is InChI=1S/C6H5NO2S/c8-4-5(7-9)6-2-1-3-10-6/h1-4,9H/b7-5-. The first-order valence-corrected chi connectivity index (χ1v) is 3.47. The van der Waals surface area contributed by atoms with Gasteiger partial charge < -0.3 is 5.21 Å². The van der Waals surface area contributed by atoms with Crippen LogP contribution in [0, 0.1) is 0 Å². The van der Waals surface area contributed by atoms with E-state index in [1.807, 2.05) is 5.38 Å². The summed E-state index contributed by atoms with van der Waals surface area (Å²) in [6, 6.07) is 3.50. The number of carbonyl (C=O) groups is 1.